The number of carbonyl (C=O) groups is 1. The Morgan fingerprint density at radius 3 is 2.55 bits per heavy atom. The summed E-state index contributed by atoms with van der Waals surface area (Å²) in [5.74, 6) is 0.719. The van der Waals surface area contributed by atoms with Crippen LogP contribution in [-0.4, -0.2) is 35.8 Å². The molecule has 1 amide bonds. The number of fused-ring (bicyclic) bond motifs is 1. The minimum absolute atomic E-state index is 0.0708. The van der Waals surface area contributed by atoms with Crippen molar-refractivity contribution in [2.45, 2.75) is 46.2 Å². The summed E-state index contributed by atoms with van der Waals surface area (Å²) in [5, 5.41) is 3.89. The number of aryl methyl sites for hydroxylation is 1. The Balaban J connectivity index is 1.56. The zero-order valence-electron chi connectivity index (χ0n) is 22.5. The first-order valence-corrected chi connectivity index (χ1v) is 13.2. The minimum Gasteiger partial charge on any atom is -0.496 e. The van der Waals surface area contributed by atoms with Crippen molar-refractivity contribution >= 4 is 16.8 Å². The molecule has 1 fully saturated rings. The predicted molar refractivity (Wildman–Crippen MR) is 150 cm³/mol. The predicted octanol–water partition coefficient (Wildman–Crippen LogP) is 5.54. The van der Waals surface area contributed by atoms with Gasteiger partial charge in [-0.3, -0.25) is 9.59 Å². The Bertz CT molecular complexity index is 1510. The van der Waals surface area contributed by atoms with Crippen LogP contribution in [0.2, 0.25) is 0 Å². The van der Waals surface area contributed by atoms with Gasteiger partial charge in [0.1, 0.15) is 5.75 Å². The van der Waals surface area contributed by atoms with Crippen LogP contribution >= 0.6 is 0 Å². The lowest BCUT2D eigenvalue weighted by Crippen LogP contribution is -2.28. The number of hydrogen-bond donors (Lipinski definition) is 2. The van der Waals surface area contributed by atoms with Crippen LogP contribution in [0.15, 0.2) is 59.4 Å². The van der Waals surface area contributed by atoms with Crippen molar-refractivity contribution in [1.29, 1.82) is 0 Å². The van der Waals surface area contributed by atoms with E-state index in [1.165, 1.54) is 7.11 Å². The topological polar surface area (TPSA) is 85.4 Å². The highest BCUT2D eigenvalue weighted by Crippen LogP contribution is 2.37. The van der Waals surface area contributed by atoms with Gasteiger partial charge in [0.25, 0.3) is 11.5 Å². The molecular formula is C31H35N3O4. The number of aromatic nitrogens is 2. The SMILES string of the molecule is COc1cc(C)[nH]c(=O)c1CNC(=O)c1c(C)n(C(C)C2CCOCC2)c2cc(-c3ccccc3)ccc12. The van der Waals surface area contributed by atoms with Gasteiger partial charge in [0.15, 0.2) is 0 Å². The van der Waals surface area contributed by atoms with Crippen LogP contribution in [0.3, 0.4) is 0 Å². The Hall–Kier alpha value is -3.84. The second-order valence-electron chi connectivity index (χ2n) is 10.1. The van der Waals surface area contributed by atoms with Gasteiger partial charge in [0.2, 0.25) is 0 Å². The number of nitrogens with one attached hydrogen (secondary N) is 2. The Morgan fingerprint density at radius 1 is 1.11 bits per heavy atom. The summed E-state index contributed by atoms with van der Waals surface area (Å²) in [6.07, 6.45) is 1.99. The number of H-pyrrole nitrogens is 1. The largest absolute Gasteiger partial charge is 0.496 e. The van der Waals surface area contributed by atoms with Crippen molar-refractivity contribution in [3.05, 3.63) is 87.5 Å². The quantitative estimate of drug-likeness (QED) is 0.340. The molecule has 7 nitrogen and oxygen atoms in total. The van der Waals surface area contributed by atoms with E-state index in [-0.39, 0.29) is 24.1 Å². The lowest BCUT2D eigenvalue weighted by atomic mass is 9.92. The molecule has 2 aromatic heterocycles. The standard InChI is InChI=1S/C31H35N3O4/c1-19-16-28(37-4)26(30(35)33-19)18-32-31(36)29-21(3)34(20(2)22-12-14-38-15-13-22)27-17-24(10-11-25(27)29)23-8-6-5-7-9-23/h5-11,16-17,20,22H,12-15,18H2,1-4H3,(H,32,36)(H,33,35). The summed E-state index contributed by atoms with van der Waals surface area (Å²) in [6.45, 7) is 7.67. The van der Waals surface area contributed by atoms with Crippen molar-refractivity contribution in [2.24, 2.45) is 5.92 Å². The molecule has 0 radical (unpaired) electrons. The fraction of sp³-hybridized carbons (Fsp3) is 0.355. The van der Waals surface area contributed by atoms with E-state index in [1.54, 1.807) is 13.0 Å². The summed E-state index contributed by atoms with van der Waals surface area (Å²) in [7, 11) is 1.53. The zero-order valence-corrected chi connectivity index (χ0v) is 22.5. The molecule has 1 saturated heterocycles. The van der Waals surface area contributed by atoms with E-state index in [4.69, 9.17) is 9.47 Å². The second-order valence-corrected chi connectivity index (χ2v) is 10.1. The fourth-order valence-corrected chi connectivity index (χ4v) is 5.76. The van der Waals surface area contributed by atoms with E-state index in [0.29, 0.717) is 28.5 Å². The lowest BCUT2D eigenvalue weighted by molar-refractivity contribution is 0.0517. The second kappa shape index (κ2) is 10.9. The van der Waals surface area contributed by atoms with Crippen molar-refractivity contribution in [3.63, 3.8) is 0 Å². The Kier molecular flexibility index (Phi) is 7.38. The van der Waals surface area contributed by atoms with Crippen molar-refractivity contribution in [2.75, 3.05) is 20.3 Å². The van der Waals surface area contributed by atoms with Gasteiger partial charge in [-0.2, -0.15) is 0 Å². The Morgan fingerprint density at radius 2 is 1.84 bits per heavy atom. The van der Waals surface area contributed by atoms with Gasteiger partial charge in [0.05, 0.1) is 24.8 Å². The molecule has 7 heteroatoms. The number of benzene rings is 2. The van der Waals surface area contributed by atoms with E-state index in [1.807, 2.05) is 31.2 Å². The highest BCUT2D eigenvalue weighted by Gasteiger charge is 2.28. The van der Waals surface area contributed by atoms with Crippen LogP contribution in [-0.2, 0) is 11.3 Å². The maximum absolute atomic E-state index is 13.7. The van der Waals surface area contributed by atoms with Gasteiger partial charge in [-0.15, -0.1) is 0 Å². The van der Waals surface area contributed by atoms with Crippen LogP contribution in [0.5, 0.6) is 5.75 Å². The number of nitrogens with zero attached hydrogens (tertiary/aromatic N) is 1. The van der Waals surface area contributed by atoms with Crippen LogP contribution in [0.25, 0.3) is 22.0 Å². The smallest absolute Gasteiger partial charge is 0.256 e. The van der Waals surface area contributed by atoms with E-state index >= 15 is 0 Å². The molecule has 4 aromatic rings. The molecule has 2 aromatic carbocycles. The summed E-state index contributed by atoms with van der Waals surface area (Å²) < 4.78 is 13.4. The minimum atomic E-state index is -0.262. The molecule has 1 unspecified atom stereocenters. The van der Waals surface area contributed by atoms with Gasteiger partial charge in [-0.25, -0.2) is 0 Å². The maximum Gasteiger partial charge on any atom is 0.256 e. The number of rotatable bonds is 7. The van der Waals surface area contributed by atoms with Gasteiger partial charge in [-0.05, 0) is 62.8 Å². The van der Waals surface area contributed by atoms with Crippen molar-refractivity contribution in [1.82, 2.24) is 14.9 Å². The first-order valence-electron chi connectivity index (χ1n) is 13.2. The average Bonchev–Trinajstić information content (AvgIpc) is 3.23. The summed E-state index contributed by atoms with van der Waals surface area (Å²) in [6, 6.07) is 18.6. The van der Waals surface area contributed by atoms with E-state index in [0.717, 1.165) is 53.8 Å². The number of hydrogen-bond acceptors (Lipinski definition) is 4. The number of methoxy groups -OCH3 is 1. The molecule has 198 valence electrons. The monoisotopic (exact) mass is 513 g/mol. The normalized spacial score (nSPS) is 14.9. The third kappa shape index (κ3) is 4.86. The number of carbonyl (C=O) groups excluding carboxylic acids is 1. The summed E-state index contributed by atoms with van der Waals surface area (Å²) in [5.41, 5.74) is 5.69. The molecule has 1 aliphatic heterocycles. The number of ether oxygens (including phenoxy) is 2. The molecular weight excluding hydrogens is 478 g/mol. The number of pyridine rings is 1. The molecule has 1 aliphatic rings. The van der Waals surface area contributed by atoms with Crippen molar-refractivity contribution < 1.29 is 14.3 Å². The van der Waals surface area contributed by atoms with Crippen LogP contribution in [0, 0.1) is 19.8 Å². The fourth-order valence-electron chi connectivity index (χ4n) is 5.76. The highest BCUT2D eigenvalue weighted by molar-refractivity contribution is 6.09. The van der Waals surface area contributed by atoms with E-state index in [2.05, 4.69) is 46.1 Å². The lowest BCUT2D eigenvalue weighted by Gasteiger charge is -2.30. The molecule has 38 heavy (non-hydrogen) atoms. The van der Waals surface area contributed by atoms with Crippen LogP contribution in [0.1, 0.15) is 53.1 Å². The first kappa shape index (κ1) is 25.8. The maximum atomic E-state index is 13.7. The summed E-state index contributed by atoms with van der Waals surface area (Å²) in [4.78, 5) is 29.1. The molecule has 0 spiro atoms. The molecule has 2 N–H and O–H groups in total. The third-order valence-electron chi connectivity index (χ3n) is 7.81. The molecule has 0 bridgehead atoms. The van der Waals surface area contributed by atoms with Crippen molar-refractivity contribution in [3.8, 4) is 16.9 Å². The van der Waals surface area contributed by atoms with Gasteiger partial charge >= 0.3 is 0 Å². The van der Waals surface area contributed by atoms with Gasteiger partial charge < -0.3 is 24.3 Å². The summed E-state index contributed by atoms with van der Waals surface area (Å²) >= 11 is 0. The molecule has 3 heterocycles. The van der Waals surface area contributed by atoms with Gasteiger partial charge in [0, 0.05) is 41.5 Å². The molecule has 5 rings (SSSR count). The molecule has 0 saturated carbocycles. The zero-order chi connectivity index (χ0) is 26.8. The number of aromatic amines is 1. The van der Waals surface area contributed by atoms with Crippen LogP contribution in [0.4, 0.5) is 0 Å². The Labute approximate surface area is 222 Å². The van der Waals surface area contributed by atoms with Gasteiger partial charge in [-0.1, -0.05) is 42.5 Å². The van der Waals surface area contributed by atoms with E-state index < -0.39 is 0 Å². The first-order chi connectivity index (χ1) is 18.4. The molecule has 0 aliphatic carbocycles. The van der Waals surface area contributed by atoms with E-state index in [9.17, 15) is 9.59 Å². The molecule has 1 atom stereocenters. The highest BCUT2D eigenvalue weighted by atomic mass is 16.5. The number of amides is 1. The average molecular weight is 514 g/mol. The van der Waals surface area contributed by atoms with Crippen LogP contribution < -0.4 is 15.6 Å². The third-order valence-corrected chi connectivity index (χ3v) is 7.81.